The number of carbonyl (C=O) groups is 3. The zero-order valence-electron chi connectivity index (χ0n) is 11.7. The minimum absolute atomic E-state index is 0.113. The van der Waals surface area contributed by atoms with Gasteiger partial charge in [0.05, 0.1) is 0 Å². The van der Waals surface area contributed by atoms with Crippen molar-refractivity contribution < 1.29 is 19.5 Å². The second kappa shape index (κ2) is 8.52. The summed E-state index contributed by atoms with van der Waals surface area (Å²) >= 11 is 0. The molecule has 0 heterocycles. The number of amides is 2. The van der Waals surface area contributed by atoms with Crippen LogP contribution in [0.15, 0.2) is 36.0 Å². The standard InChI is InChI=1S/C15H18N2O4/c1-11(18)17-13(10-12-6-3-2-4-7-12)15(21)16-9-5-8-14(19)20/h2-4,6-7,10H,5,8-9H2,1H3,(H,16,21)(H,17,18)(H,19,20)/p-1/b13-10+. The van der Waals surface area contributed by atoms with Gasteiger partial charge in [0.1, 0.15) is 5.70 Å². The molecule has 0 aliphatic carbocycles. The van der Waals surface area contributed by atoms with Crippen molar-refractivity contribution in [3.05, 3.63) is 41.6 Å². The summed E-state index contributed by atoms with van der Waals surface area (Å²) in [5.41, 5.74) is 0.883. The van der Waals surface area contributed by atoms with Crippen LogP contribution in [0.1, 0.15) is 25.3 Å². The molecule has 21 heavy (non-hydrogen) atoms. The number of benzene rings is 1. The summed E-state index contributed by atoms with van der Waals surface area (Å²) in [6.45, 7) is 1.50. The summed E-state index contributed by atoms with van der Waals surface area (Å²) in [5, 5.41) is 15.3. The van der Waals surface area contributed by atoms with E-state index in [0.717, 1.165) is 5.56 Å². The molecule has 2 amide bonds. The minimum atomic E-state index is -1.16. The molecule has 112 valence electrons. The Hall–Kier alpha value is -2.63. The number of hydrogen-bond acceptors (Lipinski definition) is 4. The Morgan fingerprint density at radius 1 is 1.19 bits per heavy atom. The van der Waals surface area contributed by atoms with Gasteiger partial charge in [-0.05, 0) is 24.5 Å². The van der Waals surface area contributed by atoms with Gasteiger partial charge in [-0.2, -0.15) is 0 Å². The normalized spacial score (nSPS) is 10.8. The summed E-state index contributed by atoms with van der Waals surface area (Å²) in [7, 11) is 0. The highest BCUT2D eigenvalue weighted by molar-refractivity contribution is 6.00. The molecule has 0 aromatic heterocycles. The Balaban J connectivity index is 2.69. The fourth-order valence-corrected chi connectivity index (χ4v) is 1.59. The van der Waals surface area contributed by atoms with Crippen molar-refractivity contribution in [3.8, 4) is 0 Å². The maximum Gasteiger partial charge on any atom is 0.267 e. The lowest BCUT2D eigenvalue weighted by Crippen LogP contribution is -2.34. The highest BCUT2D eigenvalue weighted by Crippen LogP contribution is 2.05. The first-order valence-electron chi connectivity index (χ1n) is 6.51. The van der Waals surface area contributed by atoms with Crippen molar-refractivity contribution in [2.24, 2.45) is 0 Å². The van der Waals surface area contributed by atoms with Crippen molar-refractivity contribution in [2.75, 3.05) is 6.54 Å². The molecule has 0 aliphatic heterocycles. The Morgan fingerprint density at radius 2 is 1.86 bits per heavy atom. The number of aliphatic carboxylic acids is 1. The maximum absolute atomic E-state index is 12.0. The highest BCUT2D eigenvalue weighted by atomic mass is 16.4. The van der Waals surface area contributed by atoms with E-state index in [-0.39, 0.29) is 31.0 Å². The number of hydrogen-bond donors (Lipinski definition) is 2. The molecule has 1 aromatic rings. The second-order valence-corrected chi connectivity index (χ2v) is 4.38. The lowest BCUT2D eigenvalue weighted by molar-refractivity contribution is -0.305. The van der Waals surface area contributed by atoms with Crippen LogP contribution in [0.3, 0.4) is 0 Å². The van der Waals surface area contributed by atoms with Gasteiger partial charge in [0.25, 0.3) is 5.91 Å². The van der Waals surface area contributed by atoms with E-state index in [4.69, 9.17) is 0 Å². The van der Waals surface area contributed by atoms with Crippen molar-refractivity contribution in [3.63, 3.8) is 0 Å². The summed E-state index contributed by atoms with van der Waals surface area (Å²) in [6, 6.07) is 9.07. The third kappa shape index (κ3) is 6.91. The molecule has 0 aliphatic rings. The molecule has 2 N–H and O–H groups in total. The van der Waals surface area contributed by atoms with Crippen molar-refractivity contribution in [1.82, 2.24) is 10.6 Å². The average Bonchev–Trinajstić information content (AvgIpc) is 2.43. The van der Waals surface area contributed by atoms with Crippen LogP contribution in [0.25, 0.3) is 6.08 Å². The van der Waals surface area contributed by atoms with Crippen LogP contribution >= 0.6 is 0 Å². The van der Waals surface area contributed by atoms with Gasteiger partial charge >= 0.3 is 0 Å². The number of carboxylic acids is 1. The quantitative estimate of drug-likeness (QED) is 0.537. The van der Waals surface area contributed by atoms with Crippen LogP contribution in [0.2, 0.25) is 0 Å². The molecular formula is C15H17N2O4-. The van der Waals surface area contributed by atoms with Gasteiger partial charge in [0.2, 0.25) is 5.91 Å². The van der Waals surface area contributed by atoms with Crippen LogP contribution in [0, 0.1) is 0 Å². The highest BCUT2D eigenvalue weighted by Gasteiger charge is 2.10. The monoisotopic (exact) mass is 289 g/mol. The van der Waals surface area contributed by atoms with Gasteiger partial charge in [0.15, 0.2) is 0 Å². The topological polar surface area (TPSA) is 98.3 Å². The summed E-state index contributed by atoms with van der Waals surface area (Å²) in [5.74, 6) is -1.99. The van der Waals surface area contributed by atoms with Gasteiger partial charge in [0, 0.05) is 19.4 Å². The van der Waals surface area contributed by atoms with E-state index in [2.05, 4.69) is 10.6 Å². The fourth-order valence-electron chi connectivity index (χ4n) is 1.59. The van der Waals surface area contributed by atoms with Crippen molar-refractivity contribution in [1.29, 1.82) is 0 Å². The first-order valence-corrected chi connectivity index (χ1v) is 6.51. The molecular weight excluding hydrogens is 272 g/mol. The Labute approximate surface area is 122 Å². The molecule has 6 nitrogen and oxygen atoms in total. The van der Waals surface area contributed by atoms with E-state index >= 15 is 0 Å². The second-order valence-electron chi connectivity index (χ2n) is 4.38. The van der Waals surface area contributed by atoms with Gasteiger partial charge < -0.3 is 20.5 Å². The molecule has 0 fully saturated rings. The van der Waals surface area contributed by atoms with Crippen LogP contribution in [-0.2, 0) is 14.4 Å². The van der Waals surface area contributed by atoms with Gasteiger partial charge in [-0.25, -0.2) is 0 Å². The summed E-state index contributed by atoms with van der Waals surface area (Å²) < 4.78 is 0. The Morgan fingerprint density at radius 3 is 2.43 bits per heavy atom. The van der Waals surface area contributed by atoms with E-state index in [1.807, 2.05) is 18.2 Å². The van der Waals surface area contributed by atoms with E-state index < -0.39 is 11.9 Å². The molecule has 1 rings (SSSR count). The molecule has 0 saturated heterocycles. The third-order valence-corrected chi connectivity index (χ3v) is 2.51. The van der Waals surface area contributed by atoms with Gasteiger partial charge in [-0.3, -0.25) is 9.59 Å². The number of nitrogens with one attached hydrogen (secondary N) is 2. The molecule has 1 aromatic carbocycles. The molecule has 0 atom stereocenters. The van der Waals surface area contributed by atoms with Crippen molar-refractivity contribution >= 4 is 23.9 Å². The predicted molar refractivity (Wildman–Crippen MR) is 75.5 cm³/mol. The molecule has 0 radical (unpaired) electrons. The van der Waals surface area contributed by atoms with Crippen LogP contribution in [0.5, 0.6) is 0 Å². The molecule has 0 saturated carbocycles. The fraction of sp³-hybridized carbons (Fsp3) is 0.267. The smallest absolute Gasteiger partial charge is 0.267 e. The third-order valence-electron chi connectivity index (χ3n) is 2.51. The van der Waals surface area contributed by atoms with Crippen LogP contribution in [0.4, 0.5) is 0 Å². The first kappa shape index (κ1) is 16.4. The van der Waals surface area contributed by atoms with Crippen LogP contribution < -0.4 is 15.7 Å². The maximum atomic E-state index is 12.0. The molecule has 0 bridgehead atoms. The SMILES string of the molecule is CC(=O)N/C(=C/c1ccccc1)C(=O)NCCCC(=O)[O-]. The zero-order chi connectivity index (χ0) is 15.7. The lowest BCUT2D eigenvalue weighted by Gasteiger charge is -2.10. The minimum Gasteiger partial charge on any atom is -0.550 e. The van der Waals surface area contributed by atoms with E-state index in [1.54, 1.807) is 18.2 Å². The van der Waals surface area contributed by atoms with E-state index in [0.29, 0.717) is 0 Å². The Kier molecular flexibility index (Phi) is 6.67. The van der Waals surface area contributed by atoms with Crippen molar-refractivity contribution in [2.45, 2.75) is 19.8 Å². The number of rotatable bonds is 7. The van der Waals surface area contributed by atoms with Gasteiger partial charge in [-0.1, -0.05) is 30.3 Å². The van der Waals surface area contributed by atoms with Gasteiger partial charge in [-0.15, -0.1) is 0 Å². The summed E-state index contributed by atoms with van der Waals surface area (Å²) in [4.78, 5) is 33.4. The average molecular weight is 289 g/mol. The Bertz CT molecular complexity index is 538. The first-order chi connectivity index (χ1) is 9.99. The predicted octanol–water partition coefficient (Wildman–Crippen LogP) is -0.190. The lowest BCUT2D eigenvalue weighted by atomic mass is 10.2. The van der Waals surface area contributed by atoms with E-state index in [1.165, 1.54) is 6.92 Å². The van der Waals surface area contributed by atoms with E-state index in [9.17, 15) is 19.5 Å². The number of carboxylic acid groups (broad SMARTS) is 1. The molecule has 0 spiro atoms. The van der Waals surface area contributed by atoms with Crippen LogP contribution in [-0.4, -0.2) is 24.3 Å². The number of carbonyl (C=O) groups excluding carboxylic acids is 3. The zero-order valence-corrected chi connectivity index (χ0v) is 11.7. The summed E-state index contributed by atoms with van der Waals surface area (Å²) in [6.07, 6.45) is 1.69. The molecule has 6 heteroatoms. The largest absolute Gasteiger partial charge is 0.550 e. The molecule has 0 unspecified atom stereocenters.